The quantitative estimate of drug-likeness (QED) is 0.635. The van der Waals surface area contributed by atoms with E-state index in [1.54, 1.807) is 21.7 Å². The molecule has 4 heterocycles. The topological polar surface area (TPSA) is 80.3 Å². The van der Waals surface area contributed by atoms with Crippen molar-refractivity contribution in [2.75, 3.05) is 31.1 Å². The van der Waals surface area contributed by atoms with Gasteiger partial charge in [0.15, 0.2) is 22.1 Å². The Balaban J connectivity index is 1.41. The second kappa shape index (κ2) is 7.15. The number of nitrogens with zero attached hydrogens (tertiary/aromatic N) is 6. The molecule has 1 saturated heterocycles. The van der Waals surface area contributed by atoms with Gasteiger partial charge in [0.2, 0.25) is 0 Å². The van der Waals surface area contributed by atoms with Crippen LogP contribution in [0.25, 0.3) is 5.82 Å². The number of halogens is 1. The Hall–Kier alpha value is -2.68. The minimum Gasteiger partial charge on any atom is -0.444 e. The van der Waals surface area contributed by atoms with Gasteiger partial charge in [-0.3, -0.25) is 4.79 Å². The number of hydrogen-bond donors (Lipinski definition) is 0. The Morgan fingerprint density at radius 2 is 1.74 bits per heavy atom. The summed E-state index contributed by atoms with van der Waals surface area (Å²) in [6, 6.07) is 9.27. The van der Waals surface area contributed by atoms with Crippen LogP contribution in [-0.2, 0) is 0 Å². The van der Waals surface area contributed by atoms with E-state index in [1.165, 1.54) is 0 Å². The highest BCUT2D eigenvalue weighted by atomic mass is 79.9. The zero-order valence-corrected chi connectivity index (χ0v) is 16.7. The van der Waals surface area contributed by atoms with E-state index in [0.29, 0.717) is 42.4 Å². The number of anilines is 1. The molecular weight excluding hydrogens is 412 g/mol. The number of piperazine rings is 1. The second-order valence-corrected chi connectivity index (χ2v) is 7.25. The molecule has 140 valence electrons. The van der Waals surface area contributed by atoms with Gasteiger partial charge in [-0.05, 0) is 60.1 Å². The molecule has 0 bridgehead atoms. The minimum absolute atomic E-state index is 0.0914. The molecule has 0 aliphatic carbocycles. The maximum atomic E-state index is 12.4. The molecule has 0 atom stereocenters. The summed E-state index contributed by atoms with van der Waals surface area (Å²) in [6.45, 7) is 6.55. The summed E-state index contributed by atoms with van der Waals surface area (Å²) in [6.07, 6.45) is 0. The van der Waals surface area contributed by atoms with Crippen molar-refractivity contribution in [3.63, 3.8) is 0 Å². The van der Waals surface area contributed by atoms with E-state index in [-0.39, 0.29) is 5.91 Å². The second-order valence-electron chi connectivity index (χ2n) is 6.47. The van der Waals surface area contributed by atoms with Gasteiger partial charge < -0.3 is 14.2 Å². The maximum absolute atomic E-state index is 12.4. The highest BCUT2D eigenvalue weighted by Crippen LogP contribution is 2.19. The predicted molar refractivity (Wildman–Crippen MR) is 103 cm³/mol. The lowest BCUT2D eigenvalue weighted by atomic mass is 10.3. The van der Waals surface area contributed by atoms with Crippen LogP contribution in [0.15, 0.2) is 39.4 Å². The number of carbonyl (C=O) groups excluding carboxylic acids is 1. The van der Waals surface area contributed by atoms with E-state index in [4.69, 9.17) is 4.42 Å². The van der Waals surface area contributed by atoms with Crippen LogP contribution in [0.4, 0.5) is 5.82 Å². The average Bonchev–Trinajstić information content (AvgIpc) is 3.26. The van der Waals surface area contributed by atoms with Gasteiger partial charge in [-0.2, -0.15) is 5.10 Å². The van der Waals surface area contributed by atoms with Gasteiger partial charge in [-0.25, -0.2) is 4.68 Å². The number of aryl methyl sites for hydroxylation is 2. The van der Waals surface area contributed by atoms with Crippen molar-refractivity contribution in [3.05, 3.63) is 52.1 Å². The molecule has 9 heteroatoms. The zero-order chi connectivity index (χ0) is 19.0. The fourth-order valence-corrected chi connectivity index (χ4v) is 3.49. The Labute approximate surface area is 164 Å². The van der Waals surface area contributed by atoms with Gasteiger partial charge in [-0.1, -0.05) is 0 Å². The standard InChI is InChI=1S/C18H19BrN6O2/c1-12-11-13(2)25(22-12)17-6-5-16(20-21-17)23-7-9-24(10-8-23)18(26)14-3-4-15(19)27-14/h3-6,11H,7-10H2,1-2H3. The predicted octanol–water partition coefficient (Wildman–Crippen LogP) is 2.60. The van der Waals surface area contributed by atoms with Crippen molar-refractivity contribution in [1.82, 2.24) is 24.9 Å². The number of carbonyl (C=O) groups is 1. The van der Waals surface area contributed by atoms with Crippen molar-refractivity contribution in [3.8, 4) is 5.82 Å². The molecule has 27 heavy (non-hydrogen) atoms. The van der Waals surface area contributed by atoms with Gasteiger partial charge in [0.05, 0.1) is 5.69 Å². The van der Waals surface area contributed by atoms with Gasteiger partial charge in [0.25, 0.3) is 5.91 Å². The van der Waals surface area contributed by atoms with Crippen molar-refractivity contribution in [2.24, 2.45) is 0 Å². The van der Waals surface area contributed by atoms with E-state index < -0.39 is 0 Å². The average molecular weight is 431 g/mol. The first-order chi connectivity index (χ1) is 13.0. The summed E-state index contributed by atoms with van der Waals surface area (Å²) in [7, 11) is 0. The largest absolute Gasteiger partial charge is 0.444 e. The Morgan fingerprint density at radius 1 is 1.04 bits per heavy atom. The number of rotatable bonds is 3. The van der Waals surface area contributed by atoms with Crippen LogP contribution >= 0.6 is 15.9 Å². The lowest BCUT2D eigenvalue weighted by molar-refractivity contribution is 0.0713. The number of aromatic nitrogens is 4. The Kier molecular flexibility index (Phi) is 4.69. The molecule has 1 fully saturated rings. The number of furan rings is 1. The summed E-state index contributed by atoms with van der Waals surface area (Å²) >= 11 is 3.23. The number of hydrogen-bond acceptors (Lipinski definition) is 6. The molecule has 1 amide bonds. The first kappa shape index (κ1) is 17.7. The van der Waals surface area contributed by atoms with Crippen LogP contribution in [0.3, 0.4) is 0 Å². The molecule has 0 radical (unpaired) electrons. The van der Waals surface area contributed by atoms with E-state index >= 15 is 0 Å². The summed E-state index contributed by atoms with van der Waals surface area (Å²) in [5, 5.41) is 13.1. The zero-order valence-electron chi connectivity index (χ0n) is 15.1. The Bertz CT molecular complexity index is 957. The molecule has 0 saturated carbocycles. The van der Waals surface area contributed by atoms with E-state index in [1.807, 2.05) is 32.0 Å². The summed E-state index contributed by atoms with van der Waals surface area (Å²) < 4.78 is 7.70. The van der Waals surface area contributed by atoms with Crippen LogP contribution in [0.5, 0.6) is 0 Å². The van der Waals surface area contributed by atoms with Crippen LogP contribution in [-0.4, -0.2) is 57.0 Å². The van der Waals surface area contributed by atoms with Gasteiger partial charge >= 0.3 is 0 Å². The summed E-state index contributed by atoms with van der Waals surface area (Å²) in [4.78, 5) is 16.4. The van der Waals surface area contributed by atoms with E-state index in [9.17, 15) is 4.79 Å². The first-order valence-electron chi connectivity index (χ1n) is 8.68. The van der Waals surface area contributed by atoms with Gasteiger partial charge in [-0.15, -0.1) is 10.2 Å². The summed E-state index contributed by atoms with van der Waals surface area (Å²) in [5.41, 5.74) is 1.97. The lowest BCUT2D eigenvalue weighted by Gasteiger charge is -2.34. The lowest BCUT2D eigenvalue weighted by Crippen LogP contribution is -2.49. The monoisotopic (exact) mass is 430 g/mol. The molecular formula is C18H19BrN6O2. The third-order valence-electron chi connectivity index (χ3n) is 4.54. The van der Waals surface area contributed by atoms with Crippen LogP contribution in [0, 0.1) is 13.8 Å². The van der Waals surface area contributed by atoms with Crippen LogP contribution in [0.2, 0.25) is 0 Å². The third-order valence-corrected chi connectivity index (χ3v) is 4.96. The summed E-state index contributed by atoms with van der Waals surface area (Å²) in [5.74, 6) is 1.75. The molecule has 1 aliphatic rings. The molecule has 8 nitrogen and oxygen atoms in total. The smallest absolute Gasteiger partial charge is 0.289 e. The molecule has 1 aliphatic heterocycles. The van der Waals surface area contributed by atoms with Crippen molar-refractivity contribution in [2.45, 2.75) is 13.8 Å². The Morgan fingerprint density at radius 3 is 2.30 bits per heavy atom. The van der Waals surface area contributed by atoms with Crippen molar-refractivity contribution in [1.29, 1.82) is 0 Å². The normalized spacial score (nSPS) is 14.6. The van der Waals surface area contributed by atoms with Gasteiger partial charge in [0, 0.05) is 31.9 Å². The molecule has 0 unspecified atom stereocenters. The SMILES string of the molecule is Cc1cc(C)n(-c2ccc(N3CCN(C(=O)c4ccc(Br)o4)CC3)nn2)n1. The molecule has 0 spiro atoms. The molecule has 3 aromatic heterocycles. The van der Waals surface area contributed by atoms with Crippen LogP contribution < -0.4 is 4.90 Å². The molecule has 0 N–H and O–H groups in total. The maximum Gasteiger partial charge on any atom is 0.289 e. The molecule has 3 aromatic rings. The van der Waals surface area contributed by atoms with Gasteiger partial charge in [0.1, 0.15) is 0 Å². The highest BCUT2D eigenvalue weighted by molar-refractivity contribution is 9.10. The van der Waals surface area contributed by atoms with E-state index in [2.05, 4.69) is 36.1 Å². The minimum atomic E-state index is -0.0914. The van der Waals surface area contributed by atoms with Crippen molar-refractivity contribution >= 4 is 27.7 Å². The highest BCUT2D eigenvalue weighted by Gasteiger charge is 2.25. The van der Waals surface area contributed by atoms with Crippen molar-refractivity contribution < 1.29 is 9.21 Å². The van der Waals surface area contributed by atoms with E-state index in [0.717, 1.165) is 17.2 Å². The molecule has 4 rings (SSSR count). The fourth-order valence-electron chi connectivity index (χ4n) is 3.18. The molecule has 0 aromatic carbocycles. The van der Waals surface area contributed by atoms with Crippen LogP contribution in [0.1, 0.15) is 21.9 Å². The third kappa shape index (κ3) is 3.59. The number of amides is 1. The fraction of sp³-hybridized carbons (Fsp3) is 0.333. The first-order valence-corrected chi connectivity index (χ1v) is 9.47.